The molecular formula is C19H24N2O6. The molecule has 3 atom stereocenters. The maximum Gasteiger partial charge on any atom is 0.167 e. The third kappa shape index (κ3) is 3.53. The summed E-state index contributed by atoms with van der Waals surface area (Å²) in [6, 6.07) is 7.45. The molecule has 0 radical (unpaired) electrons. The summed E-state index contributed by atoms with van der Waals surface area (Å²) in [4.78, 5) is 2.10. The highest BCUT2D eigenvalue weighted by Gasteiger charge is 2.42. The number of nitrogens with zero attached hydrogens (tertiary/aromatic N) is 2. The topological polar surface area (TPSA) is 86.4 Å². The highest BCUT2D eigenvalue weighted by molar-refractivity contribution is 5.63. The number of hydrogen-bond acceptors (Lipinski definition) is 8. The van der Waals surface area contributed by atoms with E-state index >= 15 is 0 Å². The average molecular weight is 376 g/mol. The summed E-state index contributed by atoms with van der Waals surface area (Å²) in [7, 11) is 3.30. The Morgan fingerprint density at radius 2 is 1.96 bits per heavy atom. The van der Waals surface area contributed by atoms with Crippen LogP contribution in [0.4, 0.5) is 0 Å². The van der Waals surface area contributed by atoms with Gasteiger partial charge in [0.1, 0.15) is 19.3 Å². The molecule has 0 unspecified atom stereocenters. The number of rotatable bonds is 6. The van der Waals surface area contributed by atoms with E-state index in [1.54, 1.807) is 14.2 Å². The van der Waals surface area contributed by atoms with Crippen molar-refractivity contribution >= 4 is 0 Å². The van der Waals surface area contributed by atoms with Crippen molar-refractivity contribution in [1.82, 2.24) is 10.1 Å². The van der Waals surface area contributed by atoms with Gasteiger partial charge in [-0.3, -0.25) is 4.90 Å². The molecule has 1 fully saturated rings. The van der Waals surface area contributed by atoms with Crippen LogP contribution in [0.5, 0.6) is 11.5 Å². The minimum absolute atomic E-state index is 0.00869. The molecule has 146 valence electrons. The summed E-state index contributed by atoms with van der Waals surface area (Å²) in [5.74, 6) is 2.11. The van der Waals surface area contributed by atoms with Crippen molar-refractivity contribution in [2.24, 2.45) is 0 Å². The maximum atomic E-state index is 9.78. The number of likely N-dealkylation sites (tertiary alicyclic amines) is 1. The van der Waals surface area contributed by atoms with E-state index < -0.39 is 0 Å². The first kappa shape index (κ1) is 18.2. The molecule has 4 rings (SSSR count). The van der Waals surface area contributed by atoms with E-state index in [-0.39, 0.29) is 24.9 Å². The lowest BCUT2D eigenvalue weighted by Gasteiger charge is -2.24. The molecule has 3 heterocycles. The summed E-state index contributed by atoms with van der Waals surface area (Å²) >= 11 is 0. The lowest BCUT2D eigenvalue weighted by Crippen LogP contribution is -2.40. The lowest BCUT2D eigenvalue weighted by molar-refractivity contribution is -0.0284. The van der Waals surface area contributed by atoms with Crippen molar-refractivity contribution < 1.29 is 28.6 Å². The van der Waals surface area contributed by atoms with Crippen LogP contribution in [0.3, 0.4) is 0 Å². The van der Waals surface area contributed by atoms with Gasteiger partial charge in [0.2, 0.25) is 0 Å². The first-order valence-corrected chi connectivity index (χ1v) is 8.99. The first-order chi connectivity index (χ1) is 13.2. The fourth-order valence-corrected chi connectivity index (χ4v) is 3.77. The normalized spacial score (nSPS) is 25.1. The van der Waals surface area contributed by atoms with Crippen LogP contribution in [0.15, 0.2) is 28.8 Å². The highest BCUT2D eigenvalue weighted by Crippen LogP contribution is 2.35. The van der Waals surface area contributed by atoms with Crippen molar-refractivity contribution in [2.45, 2.75) is 24.8 Å². The molecule has 0 amide bonds. The molecule has 2 aliphatic heterocycles. The summed E-state index contributed by atoms with van der Waals surface area (Å²) < 4.78 is 27.7. The van der Waals surface area contributed by atoms with E-state index in [4.69, 9.17) is 23.5 Å². The minimum atomic E-state index is -0.177. The van der Waals surface area contributed by atoms with Gasteiger partial charge in [-0.05, 0) is 18.2 Å². The van der Waals surface area contributed by atoms with Gasteiger partial charge in [-0.15, -0.1) is 0 Å². The first-order valence-electron chi connectivity index (χ1n) is 8.99. The molecule has 0 saturated carbocycles. The second-order valence-corrected chi connectivity index (χ2v) is 6.69. The molecule has 1 aromatic carbocycles. The number of aromatic nitrogens is 1. The zero-order chi connectivity index (χ0) is 18.8. The third-order valence-electron chi connectivity index (χ3n) is 5.14. The van der Waals surface area contributed by atoms with Gasteiger partial charge in [0.15, 0.2) is 17.3 Å². The molecular weight excluding hydrogens is 352 g/mol. The zero-order valence-electron chi connectivity index (χ0n) is 15.5. The van der Waals surface area contributed by atoms with Crippen LogP contribution in [0.2, 0.25) is 0 Å². The Kier molecular flexibility index (Phi) is 5.31. The van der Waals surface area contributed by atoms with E-state index in [2.05, 4.69) is 10.1 Å². The van der Waals surface area contributed by atoms with Crippen molar-refractivity contribution in [3.8, 4) is 22.8 Å². The fraction of sp³-hybridized carbons (Fsp3) is 0.526. The molecule has 0 bridgehead atoms. The molecule has 1 saturated heterocycles. The molecule has 1 N–H and O–H groups in total. The molecule has 0 aliphatic carbocycles. The Bertz CT molecular complexity index is 779. The van der Waals surface area contributed by atoms with Gasteiger partial charge in [0.05, 0.1) is 24.4 Å². The van der Waals surface area contributed by atoms with Gasteiger partial charge >= 0.3 is 0 Å². The lowest BCUT2D eigenvalue weighted by atomic mass is 10.1. The van der Waals surface area contributed by atoms with Crippen LogP contribution in [0.1, 0.15) is 5.69 Å². The van der Waals surface area contributed by atoms with Gasteiger partial charge in [-0.2, -0.15) is 0 Å². The Balaban J connectivity index is 1.50. The summed E-state index contributed by atoms with van der Waals surface area (Å²) in [6.45, 7) is 2.29. The average Bonchev–Trinajstić information content (AvgIpc) is 3.31. The Hall–Kier alpha value is -2.13. The number of hydrogen-bond donors (Lipinski definition) is 1. The predicted octanol–water partition coefficient (Wildman–Crippen LogP) is 1.32. The number of methoxy groups -OCH3 is 2. The number of aliphatic hydroxyl groups excluding tert-OH is 1. The van der Waals surface area contributed by atoms with Crippen LogP contribution >= 0.6 is 0 Å². The Labute approximate surface area is 157 Å². The largest absolute Gasteiger partial charge is 0.486 e. The van der Waals surface area contributed by atoms with E-state index in [1.165, 1.54) is 0 Å². The van der Waals surface area contributed by atoms with Crippen LogP contribution in [-0.4, -0.2) is 74.0 Å². The molecule has 27 heavy (non-hydrogen) atoms. The Morgan fingerprint density at radius 1 is 1.15 bits per heavy atom. The van der Waals surface area contributed by atoms with Crippen LogP contribution in [0, 0.1) is 0 Å². The van der Waals surface area contributed by atoms with Gasteiger partial charge in [0.25, 0.3) is 0 Å². The monoisotopic (exact) mass is 376 g/mol. The zero-order valence-corrected chi connectivity index (χ0v) is 15.5. The predicted molar refractivity (Wildman–Crippen MR) is 95.8 cm³/mol. The van der Waals surface area contributed by atoms with E-state index in [0.717, 1.165) is 17.0 Å². The van der Waals surface area contributed by atoms with Crippen LogP contribution < -0.4 is 9.47 Å². The third-order valence-corrected chi connectivity index (χ3v) is 5.14. The Morgan fingerprint density at radius 3 is 2.70 bits per heavy atom. The van der Waals surface area contributed by atoms with Gasteiger partial charge in [-0.25, -0.2) is 0 Å². The number of aliphatic hydroxyl groups is 1. The van der Waals surface area contributed by atoms with Gasteiger partial charge in [-0.1, -0.05) is 5.16 Å². The van der Waals surface area contributed by atoms with E-state index in [1.807, 2.05) is 24.3 Å². The van der Waals surface area contributed by atoms with Crippen molar-refractivity contribution in [1.29, 1.82) is 0 Å². The molecule has 8 nitrogen and oxygen atoms in total. The summed E-state index contributed by atoms with van der Waals surface area (Å²) in [5.41, 5.74) is 1.66. The van der Waals surface area contributed by atoms with Crippen molar-refractivity contribution in [3.05, 3.63) is 30.0 Å². The molecule has 2 aliphatic rings. The van der Waals surface area contributed by atoms with Gasteiger partial charge < -0.3 is 28.6 Å². The number of benzene rings is 1. The molecule has 2 aromatic rings. The highest BCUT2D eigenvalue weighted by atomic mass is 16.6. The summed E-state index contributed by atoms with van der Waals surface area (Å²) in [6.07, 6.45) is -0.263. The number of fused-ring (bicyclic) bond motifs is 1. The quantitative estimate of drug-likeness (QED) is 0.808. The smallest absolute Gasteiger partial charge is 0.167 e. The molecule has 0 spiro atoms. The second-order valence-electron chi connectivity index (χ2n) is 6.69. The fourth-order valence-electron chi connectivity index (χ4n) is 3.77. The van der Waals surface area contributed by atoms with Gasteiger partial charge in [0, 0.05) is 38.9 Å². The molecule has 1 aromatic heterocycles. The van der Waals surface area contributed by atoms with E-state index in [0.29, 0.717) is 37.8 Å². The van der Waals surface area contributed by atoms with Crippen LogP contribution in [-0.2, 0) is 16.0 Å². The number of ether oxygens (including phenoxy) is 4. The second kappa shape index (κ2) is 7.85. The van der Waals surface area contributed by atoms with Crippen molar-refractivity contribution in [2.75, 3.05) is 40.6 Å². The maximum absolute atomic E-state index is 9.78. The van der Waals surface area contributed by atoms with E-state index in [9.17, 15) is 5.11 Å². The summed E-state index contributed by atoms with van der Waals surface area (Å²) in [5, 5.41) is 14.0. The minimum Gasteiger partial charge on any atom is -0.486 e. The molecule has 8 heteroatoms. The van der Waals surface area contributed by atoms with Crippen LogP contribution in [0.25, 0.3) is 11.3 Å². The van der Waals surface area contributed by atoms with Crippen molar-refractivity contribution in [3.63, 3.8) is 0 Å². The SMILES string of the molecule is CO[C@@H]1[C@H](OC)CN(Cc2cc(-c3ccc4c(c3)OCCO4)on2)[C@H]1CO. The standard InChI is InChI=1S/C19H24N2O6/c1-23-18-10-21(14(11-22)19(18)24-2)9-13-8-16(27-20-13)12-3-4-15-17(7-12)26-6-5-25-15/h3-4,7-8,14,18-19,22H,5-6,9-11H2,1-2H3/t14-,18+,19-/m0/s1.